The van der Waals surface area contributed by atoms with E-state index < -0.39 is 0 Å². The Balaban J connectivity index is 2.51. The maximum absolute atomic E-state index is 6.17. The van der Waals surface area contributed by atoms with Crippen molar-refractivity contribution in [2.45, 2.75) is 37.1 Å². The first kappa shape index (κ1) is 10.1. The van der Waals surface area contributed by atoms with Crippen molar-refractivity contribution >= 4 is 11.8 Å². The summed E-state index contributed by atoms with van der Waals surface area (Å²) in [5, 5.41) is 0. The highest BCUT2D eigenvalue weighted by Gasteiger charge is 2.22. The highest BCUT2D eigenvalue weighted by Crippen LogP contribution is 2.36. The molecule has 0 saturated carbocycles. The van der Waals surface area contributed by atoms with Gasteiger partial charge in [0.15, 0.2) is 0 Å². The standard InChI is InChI=1S/C12H17NS/c1-12(2,13)10-7-3-5-9-6-4-8-14-11(9)10/h3,5,7H,4,6,8,13H2,1-2H3. The zero-order valence-corrected chi connectivity index (χ0v) is 9.66. The summed E-state index contributed by atoms with van der Waals surface area (Å²) in [6.07, 6.45) is 2.51. The van der Waals surface area contributed by atoms with E-state index in [-0.39, 0.29) is 5.54 Å². The predicted molar refractivity (Wildman–Crippen MR) is 62.7 cm³/mol. The topological polar surface area (TPSA) is 26.0 Å². The largest absolute Gasteiger partial charge is 0.322 e. The first-order valence-corrected chi connectivity index (χ1v) is 6.11. The summed E-state index contributed by atoms with van der Waals surface area (Å²) < 4.78 is 0. The fourth-order valence-corrected chi connectivity index (χ4v) is 3.23. The molecule has 0 fully saturated rings. The molecule has 0 aliphatic carbocycles. The smallest absolute Gasteiger partial charge is 0.0363 e. The second-order valence-electron chi connectivity index (χ2n) is 4.47. The molecule has 14 heavy (non-hydrogen) atoms. The summed E-state index contributed by atoms with van der Waals surface area (Å²) in [6, 6.07) is 6.53. The average molecular weight is 207 g/mol. The van der Waals surface area contributed by atoms with Gasteiger partial charge in [0.1, 0.15) is 0 Å². The Morgan fingerprint density at radius 1 is 1.36 bits per heavy atom. The van der Waals surface area contributed by atoms with Gasteiger partial charge in [0, 0.05) is 10.4 Å². The molecule has 2 heteroatoms. The lowest BCUT2D eigenvalue weighted by molar-refractivity contribution is 0.540. The fourth-order valence-electron chi connectivity index (χ4n) is 1.90. The molecular weight excluding hydrogens is 190 g/mol. The Morgan fingerprint density at radius 2 is 2.14 bits per heavy atom. The van der Waals surface area contributed by atoms with Crippen LogP contribution < -0.4 is 5.73 Å². The normalized spacial score (nSPS) is 16.5. The SMILES string of the molecule is CC(C)(N)c1cccc2c1SCCC2. The minimum absolute atomic E-state index is 0.213. The van der Waals surface area contributed by atoms with Crippen molar-refractivity contribution in [3.05, 3.63) is 29.3 Å². The molecule has 1 nitrogen and oxygen atoms in total. The van der Waals surface area contributed by atoms with Crippen LogP contribution in [-0.4, -0.2) is 5.75 Å². The van der Waals surface area contributed by atoms with Crippen LogP contribution in [0.25, 0.3) is 0 Å². The Labute approximate surface area is 90.1 Å². The van der Waals surface area contributed by atoms with Crippen molar-refractivity contribution in [2.75, 3.05) is 5.75 Å². The third-order valence-electron chi connectivity index (χ3n) is 2.63. The van der Waals surface area contributed by atoms with E-state index in [0.29, 0.717) is 0 Å². The summed E-state index contributed by atoms with van der Waals surface area (Å²) in [7, 11) is 0. The Kier molecular flexibility index (Phi) is 2.58. The van der Waals surface area contributed by atoms with Crippen LogP contribution in [0.4, 0.5) is 0 Å². The van der Waals surface area contributed by atoms with E-state index in [9.17, 15) is 0 Å². The van der Waals surface area contributed by atoms with Gasteiger partial charge < -0.3 is 5.73 Å². The number of hydrogen-bond acceptors (Lipinski definition) is 2. The monoisotopic (exact) mass is 207 g/mol. The number of aryl methyl sites for hydroxylation is 1. The van der Waals surface area contributed by atoms with E-state index in [0.717, 1.165) is 0 Å². The molecule has 0 unspecified atom stereocenters. The number of benzene rings is 1. The van der Waals surface area contributed by atoms with Crippen LogP contribution in [0.3, 0.4) is 0 Å². The van der Waals surface area contributed by atoms with Gasteiger partial charge in [0.05, 0.1) is 0 Å². The molecule has 2 rings (SSSR count). The second kappa shape index (κ2) is 3.59. The molecular formula is C12H17NS. The molecule has 0 saturated heterocycles. The molecule has 0 radical (unpaired) electrons. The minimum atomic E-state index is -0.213. The maximum atomic E-state index is 6.17. The maximum Gasteiger partial charge on any atom is 0.0363 e. The van der Waals surface area contributed by atoms with Crippen molar-refractivity contribution in [1.82, 2.24) is 0 Å². The Morgan fingerprint density at radius 3 is 2.86 bits per heavy atom. The predicted octanol–water partition coefficient (Wildman–Crippen LogP) is 2.92. The number of thioether (sulfide) groups is 1. The summed E-state index contributed by atoms with van der Waals surface area (Å²) in [5.41, 5.74) is 8.74. The quantitative estimate of drug-likeness (QED) is 0.766. The highest BCUT2D eigenvalue weighted by atomic mass is 32.2. The summed E-state index contributed by atoms with van der Waals surface area (Å²) in [6.45, 7) is 4.16. The van der Waals surface area contributed by atoms with E-state index in [1.807, 2.05) is 11.8 Å². The van der Waals surface area contributed by atoms with E-state index in [1.165, 1.54) is 34.6 Å². The van der Waals surface area contributed by atoms with Crippen LogP contribution in [0.5, 0.6) is 0 Å². The average Bonchev–Trinajstić information content (AvgIpc) is 2.15. The summed E-state index contributed by atoms with van der Waals surface area (Å²) in [4.78, 5) is 1.44. The number of rotatable bonds is 1. The molecule has 1 aromatic rings. The molecule has 0 aromatic heterocycles. The first-order chi connectivity index (χ1) is 6.59. The van der Waals surface area contributed by atoms with Gasteiger partial charge >= 0.3 is 0 Å². The highest BCUT2D eigenvalue weighted by molar-refractivity contribution is 7.99. The van der Waals surface area contributed by atoms with Crippen molar-refractivity contribution in [2.24, 2.45) is 5.73 Å². The van der Waals surface area contributed by atoms with E-state index in [2.05, 4.69) is 32.0 Å². The van der Waals surface area contributed by atoms with Gasteiger partial charge in [-0.15, -0.1) is 11.8 Å². The Hall–Kier alpha value is -0.470. The molecule has 0 atom stereocenters. The molecule has 1 aliphatic heterocycles. The lowest BCUT2D eigenvalue weighted by atomic mass is 9.93. The molecule has 1 heterocycles. The van der Waals surface area contributed by atoms with E-state index >= 15 is 0 Å². The van der Waals surface area contributed by atoms with Gasteiger partial charge in [0.2, 0.25) is 0 Å². The lowest BCUT2D eigenvalue weighted by Gasteiger charge is -2.26. The van der Waals surface area contributed by atoms with Gasteiger partial charge in [-0.25, -0.2) is 0 Å². The van der Waals surface area contributed by atoms with Gasteiger partial charge in [-0.05, 0) is 43.6 Å². The van der Waals surface area contributed by atoms with Gasteiger partial charge in [-0.3, -0.25) is 0 Å². The number of nitrogens with two attached hydrogens (primary N) is 1. The number of fused-ring (bicyclic) bond motifs is 1. The van der Waals surface area contributed by atoms with E-state index in [4.69, 9.17) is 5.73 Å². The molecule has 2 N–H and O–H groups in total. The lowest BCUT2D eigenvalue weighted by Crippen LogP contribution is -2.30. The van der Waals surface area contributed by atoms with Crippen LogP contribution in [0, 0.1) is 0 Å². The Bertz CT molecular complexity index is 339. The third-order valence-corrected chi connectivity index (χ3v) is 3.89. The van der Waals surface area contributed by atoms with E-state index in [1.54, 1.807) is 0 Å². The molecule has 0 amide bonds. The molecule has 76 valence electrons. The van der Waals surface area contributed by atoms with Gasteiger partial charge in [0.25, 0.3) is 0 Å². The minimum Gasteiger partial charge on any atom is -0.322 e. The fraction of sp³-hybridized carbons (Fsp3) is 0.500. The second-order valence-corrected chi connectivity index (χ2v) is 5.57. The van der Waals surface area contributed by atoms with Crippen LogP contribution in [0.1, 0.15) is 31.4 Å². The van der Waals surface area contributed by atoms with Gasteiger partial charge in [-0.2, -0.15) is 0 Å². The molecule has 1 aliphatic rings. The van der Waals surface area contributed by atoms with Crippen molar-refractivity contribution in [3.8, 4) is 0 Å². The molecule has 1 aromatic carbocycles. The summed E-state index contributed by atoms with van der Waals surface area (Å²) in [5.74, 6) is 1.24. The number of hydrogen-bond donors (Lipinski definition) is 1. The van der Waals surface area contributed by atoms with Crippen molar-refractivity contribution in [3.63, 3.8) is 0 Å². The van der Waals surface area contributed by atoms with Crippen molar-refractivity contribution < 1.29 is 0 Å². The van der Waals surface area contributed by atoms with Crippen LogP contribution in [0.2, 0.25) is 0 Å². The van der Waals surface area contributed by atoms with Crippen molar-refractivity contribution in [1.29, 1.82) is 0 Å². The third kappa shape index (κ3) is 1.82. The summed E-state index contributed by atoms with van der Waals surface area (Å²) >= 11 is 1.96. The zero-order chi connectivity index (χ0) is 10.2. The van der Waals surface area contributed by atoms with Gasteiger partial charge in [-0.1, -0.05) is 18.2 Å². The van der Waals surface area contributed by atoms with Crippen LogP contribution >= 0.6 is 11.8 Å². The first-order valence-electron chi connectivity index (χ1n) is 5.13. The van der Waals surface area contributed by atoms with Crippen LogP contribution in [0.15, 0.2) is 23.1 Å². The zero-order valence-electron chi connectivity index (χ0n) is 8.84. The van der Waals surface area contributed by atoms with Crippen LogP contribution in [-0.2, 0) is 12.0 Å². The molecule has 0 bridgehead atoms. The molecule has 0 spiro atoms.